The summed E-state index contributed by atoms with van der Waals surface area (Å²) in [5.74, 6) is -2.05. The maximum absolute atomic E-state index is 14.2. The molecule has 12 atom stereocenters. The molecule has 6 rings (SSSR count). The molecule has 1 aromatic rings. The van der Waals surface area contributed by atoms with Crippen LogP contribution in [0.2, 0.25) is 0 Å². The maximum Gasteiger partial charge on any atom is 0.327 e. The molecule has 7 N–H and O–H groups in total. The van der Waals surface area contributed by atoms with E-state index in [0.717, 1.165) is 11.1 Å². The predicted octanol–water partition coefficient (Wildman–Crippen LogP) is -1.84. The van der Waals surface area contributed by atoms with Crippen molar-refractivity contribution in [3.8, 4) is 0 Å². The van der Waals surface area contributed by atoms with Crippen molar-refractivity contribution in [2.24, 2.45) is 5.41 Å². The van der Waals surface area contributed by atoms with Crippen molar-refractivity contribution in [1.29, 1.82) is 0 Å². The van der Waals surface area contributed by atoms with Gasteiger partial charge in [0.2, 0.25) is 11.8 Å². The van der Waals surface area contributed by atoms with Gasteiger partial charge < -0.3 is 64.6 Å². The lowest BCUT2D eigenvalue weighted by atomic mass is 9.62. The third-order valence-corrected chi connectivity index (χ3v) is 10.7. The van der Waals surface area contributed by atoms with Crippen molar-refractivity contribution in [3.05, 3.63) is 41.5 Å². The topological polar surface area (TPSA) is 261 Å². The average molecular weight is 808 g/mol. The Morgan fingerprint density at radius 1 is 1.04 bits per heavy atom. The molecule has 1 aliphatic carbocycles. The smallest absolute Gasteiger partial charge is 0.327 e. The summed E-state index contributed by atoms with van der Waals surface area (Å²) in [5, 5.41) is 56.2. The van der Waals surface area contributed by atoms with Crippen molar-refractivity contribution in [2.45, 2.75) is 126 Å². The normalized spacial score (nSPS) is 34.1. The molecule has 1 saturated carbocycles. The van der Waals surface area contributed by atoms with Gasteiger partial charge in [0.1, 0.15) is 66.6 Å². The van der Waals surface area contributed by atoms with Crippen molar-refractivity contribution in [1.82, 2.24) is 15.7 Å². The second-order valence-corrected chi connectivity index (χ2v) is 15.9. The monoisotopic (exact) mass is 807 g/mol. The van der Waals surface area contributed by atoms with Gasteiger partial charge in [-0.1, -0.05) is 36.4 Å². The number of hydrogen-bond donors (Lipinski definition) is 7. The van der Waals surface area contributed by atoms with E-state index in [9.17, 15) is 44.7 Å². The number of hydrogen-bond acceptors (Lipinski definition) is 17. The van der Waals surface area contributed by atoms with E-state index in [4.69, 9.17) is 33.3 Å². The molecule has 1 aromatic carbocycles. The Hall–Kier alpha value is -3.60. The van der Waals surface area contributed by atoms with Gasteiger partial charge in [-0.3, -0.25) is 24.0 Å². The lowest BCUT2D eigenvalue weighted by Gasteiger charge is -2.48. The molecule has 19 heteroatoms. The van der Waals surface area contributed by atoms with Crippen LogP contribution in [0.4, 0.5) is 0 Å². The average Bonchev–Trinajstić information content (AvgIpc) is 3.80. The van der Waals surface area contributed by atoms with Crippen LogP contribution in [0.15, 0.2) is 30.3 Å². The van der Waals surface area contributed by atoms with E-state index in [1.54, 1.807) is 32.9 Å². The predicted molar refractivity (Wildman–Crippen MR) is 193 cm³/mol. The van der Waals surface area contributed by atoms with Gasteiger partial charge in [0.05, 0.1) is 32.4 Å². The van der Waals surface area contributed by atoms with Crippen molar-refractivity contribution in [2.75, 3.05) is 33.2 Å². The first-order valence-electron chi connectivity index (χ1n) is 19.1. The second kappa shape index (κ2) is 18.1. The van der Waals surface area contributed by atoms with Crippen LogP contribution in [0, 0.1) is 5.41 Å². The number of aliphatic hydroxyl groups excluding tert-OH is 5. The molecule has 2 amide bonds. The first kappa shape index (κ1) is 43.0. The number of hydroxylamine groups is 2. The van der Waals surface area contributed by atoms with E-state index < -0.39 is 115 Å². The fraction of sp³-hybridized carbons (Fsp3) is 0.684. The standard InChI is InChI=1S/C38H53N3O16/c1-37(2,3)56-26(45)11-10-22(17-42)40-25(44)12-13-39-36(50)38-15-23-30-31(53-19-52-30)33(38)57-41(32(38)34(49)54-23)16-21-8-6-20(7-9-21)5-4-14-51-35-29(48)28(47)27(46)24(18-43)55-35/h4-9,22-24,27-33,35,42-43,46-48H,10-19H2,1-3H3,(H,39,50)(H,40,44)/t22-,23+,24+,27-,28-,29+,30-,31-,32-,33+,35-,38-/m0/s1. The molecule has 0 spiro atoms. The molecular formula is C38H53N3O16. The molecular weight excluding hydrogens is 754 g/mol. The Labute approximate surface area is 329 Å². The minimum atomic E-state index is -1.54. The third kappa shape index (κ3) is 9.49. The van der Waals surface area contributed by atoms with E-state index in [1.807, 2.05) is 24.3 Å². The molecule has 5 fully saturated rings. The van der Waals surface area contributed by atoms with Crippen molar-refractivity contribution in [3.63, 3.8) is 0 Å². The van der Waals surface area contributed by atoms with Crippen LogP contribution >= 0.6 is 0 Å². The minimum Gasteiger partial charge on any atom is -0.460 e. The van der Waals surface area contributed by atoms with Crippen LogP contribution in [0.1, 0.15) is 57.6 Å². The van der Waals surface area contributed by atoms with Gasteiger partial charge in [-0.05, 0) is 38.3 Å². The molecule has 19 nitrogen and oxygen atoms in total. The Balaban J connectivity index is 1.06. The number of ether oxygens (including phenoxy) is 6. The molecule has 57 heavy (non-hydrogen) atoms. The number of aliphatic hydroxyl groups is 5. The second-order valence-electron chi connectivity index (χ2n) is 15.9. The van der Waals surface area contributed by atoms with Crippen LogP contribution < -0.4 is 10.6 Å². The molecule has 5 aliphatic rings. The van der Waals surface area contributed by atoms with Gasteiger partial charge in [0, 0.05) is 25.8 Å². The summed E-state index contributed by atoms with van der Waals surface area (Å²) in [5.41, 5.74) is -0.556. The van der Waals surface area contributed by atoms with Gasteiger partial charge >= 0.3 is 11.9 Å². The largest absolute Gasteiger partial charge is 0.460 e. The zero-order chi connectivity index (χ0) is 41.1. The Morgan fingerprint density at radius 3 is 2.47 bits per heavy atom. The van der Waals surface area contributed by atoms with E-state index in [2.05, 4.69) is 10.6 Å². The molecule has 2 bridgehead atoms. The fourth-order valence-corrected chi connectivity index (χ4v) is 7.93. The Kier molecular flexibility index (Phi) is 13.7. The van der Waals surface area contributed by atoms with Crippen LogP contribution in [-0.2, 0) is 59.0 Å². The quantitative estimate of drug-likeness (QED) is 0.0906. The number of benzene rings is 1. The highest BCUT2D eigenvalue weighted by Gasteiger charge is 2.74. The van der Waals surface area contributed by atoms with Gasteiger partial charge in [0.15, 0.2) is 12.3 Å². The van der Waals surface area contributed by atoms with Gasteiger partial charge in [-0.15, -0.1) is 0 Å². The van der Waals surface area contributed by atoms with E-state index in [-0.39, 0.29) is 52.2 Å². The number of carbonyl (C=O) groups excluding carboxylic acids is 4. The van der Waals surface area contributed by atoms with Crippen LogP contribution in [0.5, 0.6) is 0 Å². The summed E-state index contributed by atoms with van der Waals surface area (Å²) in [6.45, 7) is 4.23. The maximum atomic E-state index is 14.2. The van der Waals surface area contributed by atoms with Crippen molar-refractivity contribution >= 4 is 29.8 Å². The number of fused-ring (bicyclic) bond motifs is 4. The van der Waals surface area contributed by atoms with E-state index >= 15 is 0 Å². The zero-order valence-electron chi connectivity index (χ0n) is 32.1. The summed E-state index contributed by atoms with van der Waals surface area (Å²) >= 11 is 0. The summed E-state index contributed by atoms with van der Waals surface area (Å²) in [4.78, 5) is 59.2. The van der Waals surface area contributed by atoms with Crippen molar-refractivity contribution < 1.29 is 78.0 Å². The first-order valence-corrected chi connectivity index (χ1v) is 19.1. The van der Waals surface area contributed by atoms with Gasteiger partial charge in [-0.2, -0.15) is 5.06 Å². The van der Waals surface area contributed by atoms with E-state index in [0.29, 0.717) is 0 Å². The lowest BCUT2D eigenvalue weighted by Crippen LogP contribution is -2.69. The van der Waals surface area contributed by atoms with E-state index in [1.165, 1.54) is 5.06 Å². The molecule has 4 aliphatic heterocycles. The van der Waals surface area contributed by atoms with Crippen LogP contribution in [0.3, 0.4) is 0 Å². The lowest BCUT2D eigenvalue weighted by molar-refractivity contribution is -0.298. The molecule has 0 aromatic heterocycles. The van der Waals surface area contributed by atoms with Gasteiger partial charge in [-0.25, -0.2) is 0 Å². The summed E-state index contributed by atoms with van der Waals surface area (Å²) in [6.07, 6.45) is -6.30. The van der Waals surface area contributed by atoms with Crippen LogP contribution in [-0.4, -0.2) is 160 Å². The third-order valence-electron chi connectivity index (χ3n) is 10.7. The summed E-state index contributed by atoms with van der Waals surface area (Å²) < 4.78 is 33.6. The fourth-order valence-electron chi connectivity index (χ4n) is 7.93. The Morgan fingerprint density at radius 2 is 1.77 bits per heavy atom. The van der Waals surface area contributed by atoms with Gasteiger partial charge in [0.25, 0.3) is 0 Å². The molecule has 0 radical (unpaired) electrons. The highest BCUT2D eigenvalue weighted by molar-refractivity contribution is 5.94. The molecule has 4 heterocycles. The Bertz CT molecular complexity index is 1620. The minimum absolute atomic E-state index is 0.000293. The number of esters is 2. The van der Waals surface area contributed by atoms with Crippen LogP contribution in [0.25, 0.3) is 6.08 Å². The first-order chi connectivity index (χ1) is 27.1. The highest BCUT2D eigenvalue weighted by Crippen LogP contribution is 2.55. The zero-order valence-corrected chi connectivity index (χ0v) is 32.1. The number of carbonyl (C=O) groups is 4. The summed E-state index contributed by atoms with van der Waals surface area (Å²) in [7, 11) is 0. The number of rotatable bonds is 16. The number of nitrogens with one attached hydrogen (secondary N) is 2. The number of amides is 2. The molecule has 0 unspecified atom stereocenters. The molecule has 4 saturated heterocycles. The summed E-state index contributed by atoms with van der Waals surface area (Å²) in [6, 6.07) is 5.44. The molecule has 316 valence electrons. The highest BCUT2D eigenvalue weighted by atomic mass is 16.8. The SMILES string of the molecule is CC(C)(C)OC(=O)CC[C@@H](CO)NC(=O)CCNC(=O)[C@@]12C[C@H]3OC(=O)[C@@H]1N(Cc1ccc(C=CCO[C@H]4O[C@H](CO)[C@H](O)[C@H](O)[C@H]4O)cc1)O[C@@H]2[C@H]1OCO[C@H]13. The number of nitrogens with zero attached hydrogens (tertiary/aromatic N) is 1.